The van der Waals surface area contributed by atoms with E-state index in [1.165, 1.54) is 35.6 Å². The molecule has 0 N–H and O–H groups in total. The molecule has 5 aromatic heterocycles. The molecule has 0 spiro atoms. The molecule has 0 aliphatic heterocycles. The van der Waals surface area contributed by atoms with E-state index in [0.29, 0.717) is 33.4 Å². The van der Waals surface area contributed by atoms with Gasteiger partial charge in [-0.15, -0.1) is 0 Å². The van der Waals surface area contributed by atoms with Crippen molar-refractivity contribution < 1.29 is 42.0 Å². The summed E-state index contributed by atoms with van der Waals surface area (Å²) < 4.78 is 128. The zero-order valence-electron chi connectivity index (χ0n) is 85.5. The van der Waals surface area contributed by atoms with Gasteiger partial charge < -0.3 is 0 Å². The minimum absolute atomic E-state index is 0.340. The maximum absolute atomic E-state index is 8.72. The number of hydrogen-bond acceptors (Lipinski definition) is 0. The summed E-state index contributed by atoms with van der Waals surface area (Å²) in [5.74, 6) is 28.8. The fraction of sp³-hybridized carbons (Fsp3) is 0.337. The van der Waals surface area contributed by atoms with Gasteiger partial charge in [0.25, 0.3) is 0 Å². The Morgan fingerprint density at radius 1 is 0.282 bits per heavy atom. The fourth-order valence-corrected chi connectivity index (χ4v) is 25.1. The molecular formula is C101H134Ge4N5+5. The molecule has 5 heterocycles. The quantitative estimate of drug-likeness (QED) is 0.0858. The second-order valence-electron chi connectivity index (χ2n) is 35.4. The molecule has 0 aliphatic carbocycles. The molecule has 5 nitrogen and oxygen atoms in total. The Balaban J connectivity index is 0.000000195. The second-order valence-corrected chi connectivity index (χ2v) is 77.9. The van der Waals surface area contributed by atoms with Crippen molar-refractivity contribution in [1.29, 1.82) is 0 Å². The van der Waals surface area contributed by atoms with E-state index in [4.69, 9.17) is 19.2 Å². The summed E-state index contributed by atoms with van der Waals surface area (Å²) in [6, 6.07) is 62.4. The molecule has 0 radical (unpaired) electrons. The molecule has 0 saturated carbocycles. The van der Waals surface area contributed by atoms with E-state index < -0.39 is 92.3 Å². The Hall–Kier alpha value is -7.54. The van der Waals surface area contributed by atoms with Crippen molar-refractivity contribution in [3.05, 3.63) is 291 Å². The van der Waals surface area contributed by atoms with E-state index in [9.17, 15) is 0 Å². The summed E-state index contributed by atoms with van der Waals surface area (Å²) in [6.45, 7) is 13.4. The number of pyridine rings is 5. The van der Waals surface area contributed by atoms with Crippen LogP contribution < -0.4 is 40.4 Å². The Morgan fingerprint density at radius 3 is 1.05 bits per heavy atom. The van der Waals surface area contributed by atoms with Crippen LogP contribution in [0.25, 0.3) is 78.5 Å². The van der Waals surface area contributed by atoms with Gasteiger partial charge in [-0.3, -0.25) is 0 Å². The molecule has 0 bridgehead atoms. The number of aromatic nitrogens is 5. The molecule has 0 atom stereocenters. The van der Waals surface area contributed by atoms with E-state index >= 15 is 0 Å². The second kappa shape index (κ2) is 36.5. The first kappa shape index (κ1) is 69.2. The van der Waals surface area contributed by atoms with Crippen LogP contribution in [0.2, 0.25) is 69.1 Å². The summed E-state index contributed by atoms with van der Waals surface area (Å²) >= 11 is -7.36. The summed E-state index contributed by atoms with van der Waals surface area (Å²) in [4.78, 5) is 0. The molecule has 0 aliphatic rings. The molecule has 0 fully saturated rings. The molecule has 0 amide bonds. The first-order valence-corrected chi connectivity index (χ1v) is 67.9. The van der Waals surface area contributed by atoms with E-state index in [0.717, 1.165) is 95.1 Å². The van der Waals surface area contributed by atoms with Gasteiger partial charge in [0.05, 0.1) is 0 Å². The SMILES string of the molecule is Cc1ccccc1-c1cc[c]([Ge]([CH3])([CH3])[CH3])c[n+]1C.[2H]C([2H])([2H])c1cc(C)c(-c2cc(C)c(C([2H])([2H])C(C)(C)C)c[n+]2C)cc1-c1ccc(C)cc1.[2H]C([2H])([2H])c1cc(C)c(-c2cc[c]([Ge]([CH3])([CH3])[CH3])c[n+]2C)cc1-c1ccccc1.[2H]C([2H])([2H])c1ccc(-c2cc(C)[c]([Ge]([CH3])([CH3])[CH3])c[n+]2C)c(C)c1.[2H]C([2H])([2H])c1ccc(-c2cc[c]([Ge]([CH3])([CH3])[CH3])c[n+]2C)c(C)c1. The van der Waals surface area contributed by atoms with Gasteiger partial charge in [0, 0.05) is 24.0 Å². The average Bonchev–Trinajstić information content (AvgIpc) is 0.758. The van der Waals surface area contributed by atoms with Crippen LogP contribution in [-0.4, -0.2) is 53.1 Å². The van der Waals surface area contributed by atoms with E-state index in [2.05, 4.69) is 221 Å². The van der Waals surface area contributed by atoms with Crippen molar-refractivity contribution in [2.75, 3.05) is 0 Å². The molecule has 7 aromatic carbocycles. The monoisotopic (exact) mass is 1730 g/mol. The van der Waals surface area contributed by atoms with Gasteiger partial charge in [0.15, 0.2) is 6.20 Å². The summed E-state index contributed by atoms with van der Waals surface area (Å²) in [7, 11) is 10.3. The van der Waals surface area contributed by atoms with Gasteiger partial charge in [-0.05, 0) is 73.3 Å². The van der Waals surface area contributed by atoms with Crippen molar-refractivity contribution in [3.63, 3.8) is 0 Å². The summed E-state index contributed by atoms with van der Waals surface area (Å²) in [6.07, 6.45) is 9.43. The molecule has 0 unspecified atom stereocenters. The molecule has 12 aromatic rings. The van der Waals surface area contributed by atoms with Gasteiger partial charge >= 0.3 is 525 Å². The molecule has 110 heavy (non-hydrogen) atoms. The standard InChI is InChI=1S/C27H34N.C23H28GeN.C18H26GeN.C17H24GeN.C16H22GeN/c1-18-9-11-22(12-10-18)24-15-25(21(4)13-20(24)3)26-14-19(2)23(17-28(26)8)16-27(5,6)7;1-17-14-18(2)22(15-21(17)19-10-8-7-9-11-19)23-13-12-20(16-25(23)6)24(3,4)5;1-13-8-9-16(14(2)10-13)18-11-15(3)17(12-20(18)7)19(4,5)6;1-13-7-9-16(14(2)11-13)17-10-8-15(12-19(17)6)18(3,4)5;1-13-8-6-7-9-15(13)16-11-10-14(12-18(16)5)17(2,3)4/h9-15,17H,16H2,1-8H3;7-16H,1-6H3;8-12H,1-7H3;7-12H,1-6H3;6-12H,1-5H3/q5*+1/i3D3,16D2;3*1D3;. The number of rotatable bonds is 12. The van der Waals surface area contributed by atoms with Crippen LogP contribution in [0.3, 0.4) is 0 Å². The third-order valence-corrected chi connectivity index (χ3v) is 37.7. The third kappa shape index (κ3) is 23.1. The van der Waals surface area contributed by atoms with Gasteiger partial charge in [0.2, 0.25) is 5.69 Å². The van der Waals surface area contributed by atoms with Crippen LogP contribution in [0.1, 0.15) is 112 Å². The molecular weight excluding hydrogens is 1570 g/mol. The van der Waals surface area contributed by atoms with Crippen LogP contribution >= 0.6 is 0 Å². The third-order valence-electron chi connectivity index (χ3n) is 20.4. The number of nitrogens with zero attached hydrogens (tertiary/aromatic N) is 5. The maximum atomic E-state index is 8.72. The molecule has 0 saturated heterocycles. The van der Waals surface area contributed by atoms with Gasteiger partial charge in [-0.25, -0.2) is 4.57 Å². The van der Waals surface area contributed by atoms with Crippen LogP contribution in [0.4, 0.5) is 0 Å². The topological polar surface area (TPSA) is 19.4 Å². The van der Waals surface area contributed by atoms with Crippen LogP contribution in [0.5, 0.6) is 0 Å². The number of aryl methyl sites for hydroxylation is 17. The summed E-state index contributed by atoms with van der Waals surface area (Å²) in [5, 5.41) is 0. The van der Waals surface area contributed by atoms with E-state index in [-0.39, 0.29) is 0 Å². The van der Waals surface area contributed by atoms with Crippen LogP contribution in [0.15, 0.2) is 219 Å². The average molecular weight is 1720 g/mol. The van der Waals surface area contributed by atoms with Crippen molar-refractivity contribution in [2.45, 2.75) is 179 Å². The predicted octanol–water partition coefficient (Wildman–Crippen LogP) is 21.7. The zero-order valence-corrected chi connectivity index (χ0v) is 79.9. The molecule has 12 rings (SSSR count). The van der Waals surface area contributed by atoms with Crippen molar-refractivity contribution in [1.82, 2.24) is 0 Å². The minimum atomic E-state index is -2.23. The molecule has 574 valence electrons. The normalized spacial score (nSPS) is 14.1. The van der Waals surface area contributed by atoms with Gasteiger partial charge in [-0.1, -0.05) is 56.7 Å². The Morgan fingerprint density at radius 2 is 0.645 bits per heavy atom. The van der Waals surface area contributed by atoms with Gasteiger partial charge in [-0.2, -0.15) is 0 Å². The first-order valence-electron chi connectivity index (χ1n) is 45.6. The Bertz CT molecular complexity index is 5770. The predicted molar refractivity (Wildman–Crippen MR) is 488 cm³/mol. The van der Waals surface area contributed by atoms with Crippen LogP contribution in [0, 0.1) is 88.2 Å². The Labute approximate surface area is 697 Å². The van der Waals surface area contributed by atoms with E-state index in [1.54, 1.807) is 34.7 Å². The van der Waals surface area contributed by atoms with Crippen molar-refractivity contribution in [2.24, 2.45) is 40.7 Å². The van der Waals surface area contributed by atoms with E-state index in [1.807, 2.05) is 171 Å². The zero-order chi connectivity index (χ0) is 93.2. The van der Waals surface area contributed by atoms with Gasteiger partial charge in [0.1, 0.15) is 7.05 Å². The van der Waals surface area contributed by atoms with Crippen molar-refractivity contribution >= 4 is 70.6 Å². The van der Waals surface area contributed by atoms with Crippen LogP contribution in [-0.2, 0) is 41.6 Å². The number of hydrogen-bond donors (Lipinski definition) is 0. The first-order chi connectivity index (χ1) is 56.8. The number of benzene rings is 7. The Kier molecular flexibility index (Phi) is 23.0. The van der Waals surface area contributed by atoms with Crippen molar-refractivity contribution in [3.8, 4) is 78.5 Å². The summed E-state index contributed by atoms with van der Waals surface area (Å²) in [5.41, 5.74) is 24.5. The molecule has 9 heteroatoms. The fourth-order valence-electron chi connectivity index (χ4n) is 13.9.